The first-order valence-corrected chi connectivity index (χ1v) is 11.1. The summed E-state index contributed by atoms with van der Waals surface area (Å²) in [6.07, 6.45) is -5.55. The number of carbonyl (C=O) groups is 4. The Balaban J connectivity index is 2.57. The maximum Gasteiger partial charge on any atom is 0.303 e. The van der Waals surface area contributed by atoms with Crippen LogP contribution in [0.15, 0.2) is 23.1 Å². The van der Waals surface area contributed by atoms with Gasteiger partial charge in [0.05, 0.1) is 20.8 Å². The van der Waals surface area contributed by atoms with Gasteiger partial charge in [-0.1, -0.05) is 11.8 Å². The van der Waals surface area contributed by atoms with E-state index in [4.69, 9.17) is 23.7 Å². The average molecular weight is 530 g/mol. The van der Waals surface area contributed by atoms with Crippen molar-refractivity contribution in [1.29, 1.82) is 0 Å². The molecule has 0 bridgehead atoms. The van der Waals surface area contributed by atoms with Crippen LogP contribution >= 0.6 is 11.8 Å². The van der Waals surface area contributed by atoms with Gasteiger partial charge in [-0.2, -0.15) is 0 Å². The quantitative estimate of drug-likeness (QED) is 0.193. The molecule has 0 amide bonds. The summed E-state index contributed by atoms with van der Waals surface area (Å²) in [4.78, 5) is 67.8. The van der Waals surface area contributed by atoms with E-state index in [1.807, 2.05) is 0 Å². The van der Waals surface area contributed by atoms with E-state index in [1.165, 1.54) is 0 Å². The van der Waals surface area contributed by atoms with Crippen LogP contribution in [0.1, 0.15) is 27.7 Å². The summed E-state index contributed by atoms with van der Waals surface area (Å²) in [6.45, 7) is 3.80. The maximum atomic E-state index is 11.9. The topological polar surface area (TPSA) is 201 Å². The van der Waals surface area contributed by atoms with Crippen LogP contribution in [-0.2, 0) is 42.9 Å². The summed E-state index contributed by atoms with van der Waals surface area (Å²) < 4.78 is 26.7. The molecule has 15 nitrogen and oxygen atoms in total. The fourth-order valence-corrected chi connectivity index (χ4v) is 4.46. The van der Waals surface area contributed by atoms with Crippen molar-refractivity contribution in [2.24, 2.45) is 0 Å². The number of carbonyl (C=O) groups excluding carboxylic acids is 4. The zero-order chi connectivity index (χ0) is 27.2. The van der Waals surface area contributed by atoms with E-state index in [0.717, 1.165) is 45.9 Å². The van der Waals surface area contributed by atoms with Crippen LogP contribution < -0.4 is 0 Å². The summed E-state index contributed by atoms with van der Waals surface area (Å²) in [6, 6.07) is 2.88. The van der Waals surface area contributed by atoms with Crippen LogP contribution in [0.3, 0.4) is 0 Å². The Bertz CT molecular complexity index is 1060. The van der Waals surface area contributed by atoms with E-state index >= 15 is 0 Å². The average Bonchev–Trinajstić information content (AvgIpc) is 2.75. The largest absolute Gasteiger partial charge is 0.463 e. The molecule has 196 valence electrons. The van der Waals surface area contributed by atoms with Crippen LogP contribution in [0, 0.1) is 20.2 Å². The van der Waals surface area contributed by atoms with Crippen molar-refractivity contribution in [3.05, 3.63) is 38.4 Å². The number of nitrogens with zero attached hydrogens (tertiary/aromatic N) is 2. The second kappa shape index (κ2) is 12.3. The third kappa shape index (κ3) is 7.61. The summed E-state index contributed by atoms with van der Waals surface area (Å²) in [5, 5.41) is 22.6. The molecule has 16 heteroatoms. The fraction of sp³-hybridized carbons (Fsp3) is 0.500. The molecule has 0 spiro atoms. The van der Waals surface area contributed by atoms with Crippen molar-refractivity contribution in [3.8, 4) is 0 Å². The van der Waals surface area contributed by atoms with Crippen molar-refractivity contribution in [2.75, 3.05) is 6.61 Å². The van der Waals surface area contributed by atoms with E-state index in [9.17, 15) is 39.4 Å². The van der Waals surface area contributed by atoms with E-state index in [-0.39, 0.29) is 4.90 Å². The van der Waals surface area contributed by atoms with Gasteiger partial charge in [0, 0.05) is 33.8 Å². The highest BCUT2D eigenvalue weighted by Crippen LogP contribution is 2.41. The number of hydrogen-bond donors (Lipinski definition) is 0. The number of thioether (sulfide) groups is 1. The number of hydrogen-bond acceptors (Lipinski definition) is 14. The molecule has 1 saturated heterocycles. The van der Waals surface area contributed by atoms with E-state index in [2.05, 4.69) is 0 Å². The summed E-state index contributed by atoms with van der Waals surface area (Å²) in [5.74, 6) is -3.20. The van der Waals surface area contributed by atoms with Gasteiger partial charge in [0.15, 0.2) is 18.3 Å². The minimum Gasteiger partial charge on any atom is -0.463 e. The van der Waals surface area contributed by atoms with E-state index in [0.29, 0.717) is 11.8 Å². The van der Waals surface area contributed by atoms with Gasteiger partial charge in [-0.05, 0) is 6.07 Å². The zero-order valence-corrected chi connectivity index (χ0v) is 20.3. The number of rotatable bonds is 9. The predicted molar refractivity (Wildman–Crippen MR) is 118 cm³/mol. The number of non-ortho nitro benzene ring substituents is 1. The lowest BCUT2D eigenvalue weighted by molar-refractivity contribution is -0.396. The summed E-state index contributed by atoms with van der Waals surface area (Å²) in [5.41, 5.74) is -2.50. The van der Waals surface area contributed by atoms with Gasteiger partial charge in [-0.3, -0.25) is 39.4 Å². The number of ether oxygens (including phenoxy) is 5. The standard InChI is InChI=1S/C20H22N2O13S/c1-9(23)31-8-15-17(32-10(2)24)18(33-11(3)25)19(34-12(4)26)20(35-15)36-16-6-5-13(21(27)28)7-14(16)22(29)30/h5-7,15,17-20H,8H2,1-4H3/t15-,17-,18+,19-,20+/m1/s1. The minimum atomic E-state index is -1.46. The lowest BCUT2D eigenvalue weighted by Gasteiger charge is -2.44. The number of esters is 4. The Morgan fingerprint density at radius 3 is 1.92 bits per heavy atom. The predicted octanol–water partition coefficient (Wildman–Crippen LogP) is 1.68. The highest BCUT2D eigenvalue weighted by atomic mass is 32.2. The SMILES string of the molecule is CC(=O)OC[C@H]1O[C@@H](Sc2ccc([N+](=O)[O-])cc2[N+](=O)[O-])[C@H](OC(C)=O)[C@@H](OC(C)=O)[C@@H]1OC(C)=O. The Hall–Kier alpha value is -3.79. The highest BCUT2D eigenvalue weighted by molar-refractivity contribution is 8.00. The van der Waals surface area contributed by atoms with Crippen molar-refractivity contribution >= 4 is 47.0 Å². The molecule has 1 aliphatic rings. The molecule has 5 atom stereocenters. The third-order valence-electron chi connectivity index (χ3n) is 4.54. The van der Waals surface area contributed by atoms with Crippen LogP contribution in [-0.4, -0.2) is 70.2 Å². The Morgan fingerprint density at radius 1 is 0.861 bits per heavy atom. The summed E-state index contributed by atoms with van der Waals surface area (Å²) >= 11 is 0.644. The third-order valence-corrected chi connectivity index (χ3v) is 5.75. The molecule has 0 aromatic heterocycles. The molecular formula is C20H22N2O13S. The van der Waals surface area contributed by atoms with Gasteiger partial charge in [-0.15, -0.1) is 0 Å². The molecule has 1 aromatic carbocycles. The van der Waals surface area contributed by atoms with Crippen molar-refractivity contribution in [1.82, 2.24) is 0 Å². The van der Waals surface area contributed by atoms with Gasteiger partial charge >= 0.3 is 23.9 Å². The van der Waals surface area contributed by atoms with Gasteiger partial charge in [-0.25, -0.2) is 0 Å². The Kier molecular flexibility index (Phi) is 9.68. The molecule has 1 heterocycles. The van der Waals surface area contributed by atoms with Crippen LogP contribution in [0.2, 0.25) is 0 Å². The molecule has 0 saturated carbocycles. The molecule has 36 heavy (non-hydrogen) atoms. The maximum absolute atomic E-state index is 11.9. The lowest BCUT2D eigenvalue weighted by Crippen LogP contribution is -2.61. The molecule has 0 radical (unpaired) electrons. The summed E-state index contributed by atoms with van der Waals surface area (Å²) in [7, 11) is 0. The highest BCUT2D eigenvalue weighted by Gasteiger charge is 2.52. The van der Waals surface area contributed by atoms with Crippen molar-refractivity contribution in [2.45, 2.75) is 62.4 Å². The molecule has 0 N–H and O–H groups in total. The molecule has 0 unspecified atom stereocenters. The molecule has 0 aliphatic carbocycles. The fourth-order valence-electron chi connectivity index (χ4n) is 3.27. The molecule has 1 aromatic rings. The minimum absolute atomic E-state index is 0.105. The number of nitro groups is 2. The van der Waals surface area contributed by atoms with Gasteiger partial charge in [0.25, 0.3) is 11.4 Å². The van der Waals surface area contributed by atoms with Gasteiger partial charge in [0.1, 0.15) is 18.1 Å². The van der Waals surface area contributed by atoms with Crippen molar-refractivity contribution < 1.29 is 52.7 Å². The molecule has 2 rings (SSSR count). The number of benzene rings is 1. The van der Waals surface area contributed by atoms with Crippen molar-refractivity contribution in [3.63, 3.8) is 0 Å². The smallest absolute Gasteiger partial charge is 0.303 e. The first kappa shape index (κ1) is 28.4. The molecule has 1 aliphatic heterocycles. The second-order valence-electron chi connectivity index (χ2n) is 7.35. The van der Waals surface area contributed by atoms with Gasteiger partial charge < -0.3 is 23.7 Å². The second-order valence-corrected chi connectivity index (χ2v) is 8.49. The first-order valence-electron chi connectivity index (χ1n) is 10.2. The van der Waals surface area contributed by atoms with Crippen LogP contribution in [0.25, 0.3) is 0 Å². The van der Waals surface area contributed by atoms with Crippen LogP contribution in [0.4, 0.5) is 11.4 Å². The monoisotopic (exact) mass is 530 g/mol. The molecule has 1 fully saturated rings. The van der Waals surface area contributed by atoms with E-state index in [1.54, 1.807) is 0 Å². The number of nitro benzene ring substituents is 2. The normalized spacial score (nSPS) is 23.2. The first-order chi connectivity index (χ1) is 16.8. The van der Waals surface area contributed by atoms with E-state index < -0.39 is 81.6 Å². The Labute approximate surface area is 207 Å². The molecular weight excluding hydrogens is 508 g/mol. The van der Waals surface area contributed by atoms with Crippen LogP contribution in [0.5, 0.6) is 0 Å². The van der Waals surface area contributed by atoms with Gasteiger partial charge in [0.2, 0.25) is 0 Å². The lowest BCUT2D eigenvalue weighted by atomic mass is 9.99. The Morgan fingerprint density at radius 2 is 1.42 bits per heavy atom. The zero-order valence-electron chi connectivity index (χ0n) is 19.4.